The van der Waals surface area contributed by atoms with Crippen LogP contribution in [0.4, 0.5) is 0 Å². The molecule has 29 heavy (non-hydrogen) atoms. The lowest BCUT2D eigenvalue weighted by Gasteiger charge is -2.18. The van der Waals surface area contributed by atoms with Crippen molar-refractivity contribution in [2.75, 3.05) is 20.3 Å². The fourth-order valence-electron chi connectivity index (χ4n) is 2.44. The second-order valence-electron chi connectivity index (χ2n) is 6.33. The number of carbonyl (C=O) groups is 2. The SMILES string of the molecule is CCOc1ccc(CN(C)C(=O)COC(=O)[C@H](C)Oc2ccc(C#N)cc2)cc1. The zero-order chi connectivity index (χ0) is 21.2. The van der Waals surface area contributed by atoms with Crippen molar-refractivity contribution in [2.24, 2.45) is 0 Å². The molecular weight excluding hydrogens is 372 g/mol. The lowest BCUT2D eigenvalue weighted by atomic mass is 10.2. The Balaban J connectivity index is 1.78. The summed E-state index contributed by atoms with van der Waals surface area (Å²) >= 11 is 0. The van der Waals surface area contributed by atoms with Gasteiger partial charge in [-0.1, -0.05) is 12.1 Å². The van der Waals surface area contributed by atoms with E-state index in [1.165, 1.54) is 11.8 Å². The van der Waals surface area contributed by atoms with Crippen LogP contribution < -0.4 is 9.47 Å². The van der Waals surface area contributed by atoms with Crippen molar-refractivity contribution in [3.63, 3.8) is 0 Å². The lowest BCUT2D eigenvalue weighted by molar-refractivity contribution is -0.157. The maximum atomic E-state index is 12.2. The number of nitrogens with zero attached hydrogens (tertiary/aromatic N) is 2. The zero-order valence-corrected chi connectivity index (χ0v) is 16.8. The maximum Gasteiger partial charge on any atom is 0.347 e. The van der Waals surface area contributed by atoms with Crippen molar-refractivity contribution in [1.82, 2.24) is 4.90 Å². The van der Waals surface area contributed by atoms with E-state index in [0.29, 0.717) is 24.5 Å². The summed E-state index contributed by atoms with van der Waals surface area (Å²) in [5.41, 5.74) is 1.43. The monoisotopic (exact) mass is 396 g/mol. The van der Waals surface area contributed by atoms with Crippen molar-refractivity contribution in [3.8, 4) is 17.6 Å². The van der Waals surface area contributed by atoms with Crippen LogP contribution in [0.5, 0.6) is 11.5 Å². The largest absolute Gasteiger partial charge is 0.494 e. The molecule has 0 aromatic heterocycles. The van der Waals surface area contributed by atoms with Gasteiger partial charge in [0.15, 0.2) is 12.7 Å². The quantitative estimate of drug-likeness (QED) is 0.606. The second kappa shape index (κ2) is 10.7. The average Bonchev–Trinajstić information content (AvgIpc) is 2.73. The first-order valence-corrected chi connectivity index (χ1v) is 9.22. The lowest BCUT2D eigenvalue weighted by Crippen LogP contribution is -2.34. The Morgan fingerprint density at radius 2 is 1.69 bits per heavy atom. The van der Waals surface area contributed by atoms with Crippen LogP contribution in [0.1, 0.15) is 25.0 Å². The summed E-state index contributed by atoms with van der Waals surface area (Å²) < 4.78 is 15.9. The Morgan fingerprint density at radius 3 is 2.28 bits per heavy atom. The molecule has 2 aromatic carbocycles. The molecule has 0 saturated heterocycles. The third-order valence-corrected chi connectivity index (χ3v) is 4.05. The van der Waals surface area contributed by atoms with Crippen LogP contribution in [0.25, 0.3) is 0 Å². The van der Waals surface area contributed by atoms with Gasteiger partial charge in [-0.15, -0.1) is 0 Å². The van der Waals surface area contributed by atoms with Crippen LogP contribution in [0.3, 0.4) is 0 Å². The van der Waals surface area contributed by atoms with E-state index < -0.39 is 12.1 Å². The smallest absolute Gasteiger partial charge is 0.347 e. The molecule has 1 atom stereocenters. The number of carbonyl (C=O) groups excluding carboxylic acids is 2. The summed E-state index contributed by atoms with van der Waals surface area (Å²) in [6.07, 6.45) is -0.882. The molecule has 7 heteroatoms. The van der Waals surface area contributed by atoms with E-state index >= 15 is 0 Å². The van der Waals surface area contributed by atoms with Gasteiger partial charge in [-0.2, -0.15) is 5.26 Å². The van der Waals surface area contributed by atoms with Crippen LogP contribution in [0.15, 0.2) is 48.5 Å². The topological polar surface area (TPSA) is 88.9 Å². The Morgan fingerprint density at radius 1 is 1.07 bits per heavy atom. The van der Waals surface area contributed by atoms with Crippen LogP contribution in [-0.4, -0.2) is 43.1 Å². The summed E-state index contributed by atoms with van der Waals surface area (Å²) in [7, 11) is 1.64. The van der Waals surface area contributed by atoms with Gasteiger partial charge in [0.1, 0.15) is 11.5 Å². The van der Waals surface area contributed by atoms with E-state index in [2.05, 4.69) is 0 Å². The van der Waals surface area contributed by atoms with Crippen LogP contribution >= 0.6 is 0 Å². The van der Waals surface area contributed by atoms with Gasteiger partial charge < -0.3 is 19.1 Å². The van der Waals surface area contributed by atoms with Crippen molar-refractivity contribution in [1.29, 1.82) is 5.26 Å². The number of amides is 1. The average molecular weight is 396 g/mol. The highest BCUT2D eigenvalue weighted by molar-refractivity contribution is 5.82. The molecule has 0 saturated carbocycles. The second-order valence-corrected chi connectivity index (χ2v) is 6.33. The van der Waals surface area contributed by atoms with Crippen LogP contribution in [0, 0.1) is 11.3 Å². The Labute approximate surface area is 170 Å². The van der Waals surface area contributed by atoms with E-state index in [4.69, 9.17) is 19.5 Å². The van der Waals surface area contributed by atoms with Gasteiger partial charge >= 0.3 is 5.97 Å². The molecule has 0 aliphatic rings. The highest BCUT2D eigenvalue weighted by Crippen LogP contribution is 2.15. The molecule has 0 aliphatic carbocycles. The van der Waals surface area contributed by atoms with E-state index in [-0.39, 0.29) is 12.5 Å². The maximum absolute atomic E-state index is 12.2. The summed E-state index contributed by atoms with van der Waals surface area (Å²) in [4.78, 5) is 25.8. The number of nitriles is 1. The first kappa shape index (κ1) is 21.8. The number of likely N-dealkylation sites (N-methyl/N-ethyl adjacent to an activating group) is 1. The number of esters is 1. The molecule has 0 radical (unpaired) electrons. The van der Waals surface area contributed by atoms with E-state index in [1.54, 1.807) is 31.3 Å². The standard InChI is InChI=1S/C22H24N2O5/c1-4-27-19-9-7-18(8-10-19)14-24(3)21(25)15-28-22(26)16(2)29-20-11-5-17(13-23)6-12-20/h5-12,16H,4,14-15H2,1-3H3/t16-/m0/s1. The minimum absolute atomic E-state index is 0.321. The molecule has 2 aromatic rings. The summed E-state index contributed by atoms with van der Waals surface area (Å²) in [5, 5.41) is 8.79. The zero-order valence-electron chi connectivity index (χ0n) is 16.8. The van der Waals surface area contributed by atoms with Crippen LogP contribution in [0.2, 0.25) is 0 Å². The number of rotatable bonds is 9. The number of hydrogen-bond donors (Lipinski definition) is 0. The summed E-state index contributed by atoms with van der Waals surface area (Å²) in [6.45, 7) is 4.07. The first-order chi connectivity index (χ1) is 13.9. The third kappa shape index (κ3) is 6.85. The number of ether oxygens (including phenoxy) is 3. The molecule has 0 heterocycles. The molecule has 0 spiro atoms. The number of benzene rings is 2. The summed E-state index contributed by atoms with van der Waals surface area (Å²) in [6, 6.07) is 15.8. The van der Waals surface area contributed by atoms with Gasteiger partial charge in [-0.05, 0) is 55.8 Å². The fourth-order valence-corrected chi connectivity index (χ4v) is 2.44. The minimum Gasteiger partial charge on any atom is -0.494 e. The Bertz CT molecular complexity index is 856. The Kier molecular flexibility index (Phi) is 8.04. The molecule has 0 unspecified atom stereocenters. The van der Waals surface area contributed by atoms with E-state index in [9.17, 15) is 9.59 Å². The fraction of sp³-hybridized carbons (Fsp3) is 0.318. The molecule has 152 valence electrons. The normalized spacial score (nSPS) is 11.1. The highest BCUT2D eigenvalue weighted by atomic mass is 16.6. The van der Waals surface area contributed by atoms with Gasteiger partial charge in [-0.3, -0.25) is 4.79 Å². The molecular formula is C22H24N2O5. The third-order valence-electron chi connectivity index (χ3n) is 4.05. The van der Waals surface area contributed by atoms with Crippen molar-refractivity contribution < 1.29 is 23.8 Å². The Hall–Kier alpha value is -3.53. The molecule has 2 rings (SSSR count). The van der Waals surface area contributed by atoms with E-state index in [0.717, 1.165) is 11.3 Å². The molecule has 7 nitrogen and oxygen atoms in total. The number of hydrogen-bond acceptors (Lipinski definition) is 6. The van der Waals surface area contributed by atoms with Gasteiger partial charge in [0, 0.05) is 13.6 Å². The van der Waals surface area contributed by atoms with Gasteiger partial charge in [-0.25, -0.2) is 4.79 Å². The molecule has 0 N–H and O–H groups in total. The minimum atomic E-state index is -0.882. The van der Waals surface area contributed by atoms with Crippen molar-refractivity contribution in [3.05, 3.63) is 59.7 Å². The predicted octanol–water partition coefficient (Wildman–Crippen LogP) is 2.93. The highest BCUT2D eigenvalue weighted by Gasteiger charge is 2.19. The first-order valence-electron chi connectivity index (χ1n) is 9.22. The van der Waals surface area contributed by atoms with Gasteiger partial charge in [0.25, 0.3) is 5.91 Å². The van der Waals surface area contributed by atoms with E-state index in [1.807, 2.05) is 37.3 Å². The molecule has 1 amide bonds. The predicted molar refractivity (Wildman–Crippen MR) is 106 cm³/mol. The van der Waals surface area contributed by atoms with Crippen LogP contribution in [-0.2, 0) is 20.9 Å². The van der Waals surface area contributed by atoms with Gasteiger partial charge in [0.2, 0.25) is 0 Å². The summed E-state index contributed by atoms with van der Waals surface area (Å²) in [5.74, 6) is 0.248. The van der Waals surface area contributed by atoms with Crippen molar-refractivity contribution in [2.45, 2.75) is 26.5 Å². The molecule has 0 fully saturated rings. The molecule has 0 bridgehead atoms. The molecule has 0 aliphatic heterocycles. The van der Waals surface area contributed by atoms with Crippen molar-refractivity contribution >= 4 is 11.9 Å². The van der Waals surface area contributed by atoms with Gasteiger partial charge in [0.05, 0.1) is 18.2 Å².